The predicted molar refractivity (Wildman–Crippen MR) is 124 cm³/mol. The Morgan fingerprint density at radius 1 is 0.871 bits per heavy atom. The lowest BCUT2D eigenvalue weighted by Gasteiger charge is -2.11. The zero-order valence-corrected chi connectivity index (χ0v) is 19.4. The zero-order chi connectivity index (χ0) is 22.4. The van der Waals surface area contributed by atoms with Gasteiger partial charge in [-0.1, -0.05) is 0 Å². The maximum Gasteiger partial charge on any atom is 0.206 e. The fraction of sp³-hybridized carbons (Fsp3) is 0.304. The Morgan fingerprint density at radius 3 is 2.19 bits per heavy atom. The van der Waals surface area contributed by atoms with Gasteiger partial charge in [0.05, 0.1) is 40.3 Å². The topological polar surface area (TPSA) is 66.6 Å². The van der Waals surface area contributed by atoms with Crippen LogP contribution in [0.25, 0.3) is 11.3 Å². The van der Waals surface area contributed by atoms with Crippen LogP contribution >= 0.6 is 11.3 Å². The van der Waals surface area contributed by atoms with Crippen molar-refractivity contribution >= 4 is 17.6 Å². The van der Waals surface area contributed by atoms with E-state index in [0.29, 0.717) is 5.75 Å². The normalized spacial score (nSPS) is 11.9. The van der Waals surface area contributed by atoms with Crippen LogP contribution in [-0.2, 0) is 0 Å². The summed E-state index contributed by atoms with van der Waals surface area (Å²) >= 11 is 1.52. The smallest absolute Gasteiger partial charge is 0.206 e. The van der Waals surface area contributed by atoms with Gasteiger partial charge in [0.15, 0.2) is 0 Å². The molecule has 0 aliphatic heterocycles. The highest BCUT2D eigenvalue weighted by Gasteiger charge is 2.14. The van der Waals surface area contributed by atoms with E-state index >= 15 is 0 Å². The predicted octanol–water partition coefficient (Wildman–Crippen LogP) is 4.44. The number of hydrogen-bond acceptors (Lipinski definition) is 7. The minimum atomic E-state index is 0.121. The van der Waals surface area contributed by atoms with E-state index < -0.39 is 0 Å². The van der Waals surface area contributed by atoms with E-state index in [9.17, 15) is 0 Å². The van der Waals surface area contributed by atoms with Gasteiger partial charge in [0.25, 0.3) is 0 Å². The first kappa shape index (κ1) is 22.4. The summed E-state index contributed by atoms with van der Waals surface area (Å²) in [5.74, 6) is 2.84. The van der Waals surface area contributed by atoms with Gasteiger partial charge < -0.3 is 18.9 Å². The molecule has 0 bridgehead atoms. The molecule has 0 aliphatic carbocycles. The summed E-state index contributed by atoms with van der Waals surface area (Å²) in [6.07, 6.45) is 1.75. The van der Waals surface area contributed by atoms with Gasteiger partial charge in [-0.2, -0.15) is 5.10 Å². The summed E-state index contributed by atoms with van der Waals surface area (Å²) in [5.41, 5.74) is 2.53. The largest absolute Gasteiger partial charge is 0.497 e. The van der Waals surface area contributed by atoms with E-state index in [1.165, 1.54) is 11.3 Å². The third-order valence-electron chi connectivity index (χ3n) is 4.49. The number of rotatable bonds is 8. The van der Waals surface area contributed by atoms with Crippen LogP contribution in [0, 0.1) is 0 Å². The molecule has 0 fully saturated rings. The molecule has 3 aromatic rings. The second-order valence-corrected chi connectivity index (χ2v) is 7.69. The third-order valence-corrected chi connectivity index (χ3v) is 5.32. The van der Waals surface area contributed by atoms with Crippen molar-refractivity contribution in [1.29, 1.82) is 0 Å². The van der Waals surface area contributed by atoms with Crippen LogP contribution < -0.4 is 23.7 Å². The summed E-state index contributed by atoms with van der Waals surface area (Å²) in [6, 6.07) is 11.4. The highest BCUT2D eigenvalue weighted by molar-refractivity contribution is 7.07. The van der Waals surface area contributed by atoms with Crippen LogP contribution in [-0.4, -0.2) is 45.4 Å². The van der Waals surface area contributed by atoms with Crippen LogP contribution in [0.1, 0.15) is 19.4 Å². The summed E-state index contributed by atoms with van der Waals surface area (Å²) < 4.78 is 23.6. The quantitative estimate of drug-likeness (QED) is 0.485. The minimum Gasteiger partial charge on any atom is -0.497 e. The van der Waals surface area contributed by atoms with Crippen molar-refractivity contribution in [3.05, 3.63) is 52.1 Å². The number of hydrogen-bond donors (Lipinski definition) is 0. The number of nitrogens with zero attached hydrogens (tertiary/aromatic N) is 3. The van der Waals surface area contributed by atoms with Crippen molar-refractivity contribution < 1.29 is 18.9 Å². The SMILES string of the molecule is COc1ccc(C=Nn2c(-c3cc(OC)ccc3OC)csc2=NC(C)C)c(OC)c1. The Morgan fingerprint density at radius 2 is 1.55 bits per heavy atom. The summed E-state index contributed by atoms with van der Waals surface area (Å²) in [4.78, 5) is 5.51. The van der Waals surface area contributed by atoms with Gasteiger partial charge >= 0.3 is 0 Å². The first-order valence-electron chi connectivity index (χ1n) is 9.73. The zero-order valence-electron chi connectivity index (χ0n) is 18.6. The maximum absolute atomic E-state index is 5.59. The average molecular weight is 442 g/mol. The van der Waals surface area contributed by atoms with E-state index in [4.69, 9.17) is 29.0 Å². The summed E-state index contributed by atoms with van der Waals surface area (Å²) in [5, 5.41) is 6.77. The Balaban J connectivity index is 2.17. The lowest BCUT2D eigenvalue weighted by molar-refractivity contribution is 0.394. The second kappa shape index (κ2) is 10.2. The second-order valence-electron chi connectivity index (χ2n) is 6.86. The van der Waals surface area contributed by atoms with Gasteiger partial charge in [0.1, 0.15) is 23.0 Å². The molecule has 8 heteroatoms. The molecular formula is C23H27N3O4S. The molecule has 7 nitrogen and oxygen atoms in total. The third kappa shape index (κ3) is 5.08. The number of benzene rings is 2. The first-order chi connectivity index (χ1) is 15.0. The molecule has 0 radical (unpaired) electrons. The highest BCUT2D eigenvalue weighted by Crippen LogP contribution is 2.34. The van der Waals surface area contributed by atoms with Gasteiger partial charge in [0, 0.05) is 28.6 Å². The van der Waals surface area contributed by atoms with Crippen LogP contribution in [0.2, 0.25) is 0 Å². The molecule has 0 spiro atoms. The number of ether oxygens (including phenoxy) is 4. The van der Waals surface area contributed by atoms with E-state index in [-0.39, 0.29) is 6.04 Å². The Hall–Kier alpha value is -3.26. The van der Waals surface area contributed by atoms with Crippen molar-refractivity contribution in [3.63, 3.8) is 0 Å². The van der Waals surface area contributed by atoms with E-state index in [2.05, 4.69) is 0 Å². The van der Waals surface area contributed by atoms with Crippen molar-refractivity contribution in [1.82, 2.24) is 4.68 Å². The molecule has 2 aromatic carbocycles. The van der Waals surface area contributed by atoms with Gasteiger partial charge in [-0.25, -0.2) is 4.68 Å². The monoisotopic (exact) mass is 441 g/mol. The average Bonchev–Trinajstić information content (AvgIpc) is 3.18. The van der Waals surface area contributed by atoms with Gasteiger partial charge in [-0.3, -0.25) is 4.99 Å². The van der Waals surface area contributed by atoms with E-state index in [1.54, 1.807) is 34.7 Å². The van der Waals surface area contributed by atoms with Crippen LogP contribution in [0.3, 0.4) is 0 Å². The Labute approximate surface area is 186 Å². The molecule has 0 aliphatic rings. The lowest BCUT2D eigenvalue weighted by atomic mass is 10.1. The molecule has 164 valence electrons. The lowest BCUT2D eigenvalue weighted by Crippen LogP contribution is -2.14. The molecule has 3 rings (SSSR count). The summed E-state index contributed by atoms with van der Waals surface area (Å²) in [6.45, 7) is 4.07. The molecule has 0 atom stereocenters. The van der Waals surface area contributed by atoms with Crippen molar-refractivity contribution in [2.45, 2.75) is 19.9 Å². The first-order valence-corrected chi connectivity index (χ1v) is 10.6. The van der Waals surface area contributed by atoms with Gasteiger partial charge in [-0.05, 0) is 44.2 Å². The van der Waals surface area contributed by atoms with Crippen molar-refractivity contribution in [2.75, 3.05) is 28.4 Å². The summed E-state index contributed by atoms with van der Waals surface area (Å²) in [7, 11) is 6.53. The maximum atomic E-state index is 5.59. The molecule has 0 saturated heterocycles. The minimum absolute atomic E-state index is 0.121. The molecule has 0 amide bonds. The van der Waals surface area contributed by atoms with Crippen molar-refractivity contribution in [3.8, 4) is 34.3 Å². The molecule has 0 N–H and O–H groups in total. The van der Waals surface area contributed by atoms with Crippen LogP contribution in [0.15, 0.2) is 51.9 Å². The number of thiazole rings is 1. The molecular weight excluding hydrogens is 414 g/mol. The fourth-order valence-electron chi connectivity index (χ4n) is 2.97. The fourth-order valence-corrected chi connectivity index (χ4v) is 3.93. The van der Waals surface area contributed by atoms with E-state index in [1.807, 2.05) is 60.3 Å². The van der Waals surface area contributed by atoms with E-state index in [0.717, 1.165) is 38.9 Å². The van der Waals surface area contributed by atoms with Crippen LogP contribution in [0.5, 0.6) is 23.0 Å². The number of aromatic nitrogens is 1. The Bertz CT molecular complexity index is 1130. The molecule has 0 saturated carbocycles. The van der Waals surface area contributed by atoms with Crippen molar-refractivity contribution in [2.24, 2.45) is 10.1 Å². The molecule has 1 aromatic heterocycles. The molecule has 1 heterocycles. The highest BCUT2D eigenvalue weighted by atomic mass is 32.1. The standard InChI is InChI=1S/C23H27N3O4S/c1-15(2)25-23-26(24-13-16-7-8-18(28-4)12-22(16)30-6)20(14-31-23)19-11-17(27-3)9-10-21(19)29-5/h7-15H,1-6H3. The Kier molecular flexibility index (Phi) is 7.36. The molecule has 0 unspecified atom stereocenters. The molecule has 31 heavy (non-hydrogen) atoms. The van der Waals surface area contributed by atoms with Crippen LogP contribution in [0.4, 0.5) is 0 Å². The van der Waals surface area contributed by atoms with Gasteiger partial charge in [0.2, 0.25) is 4.80 Å². The van der Waals surface area contributed by atoms with Gasteiger partial charge in [-0.15, -0.1) is 11.3 Å². The number of methoxy groups -OCH3 is 4.